The van der Waals surface area contributed by atoms with E-state index >= 15 is 0 Å². The normalized spacial score (nSPS) is 11.6. The number of hydrogen-bond donors (Lipinski definition) is 2. The lowest BCUT2D eigenvalue weighted by Crippen LogP contribution is -2.17. The van der Waals surface area contributed by atoms with Crippen molar-refractivity contribution in [3.63, 3.8) is 0 Å². The lowest BCUT2D eigenvalue weighted by atomic mass is 10.1. The fourth-order valence-electron chi connectivity index (χ4n) is 4.09. The number of carbonyl (C=O) groups is 1. The Labute approximate surface area is 186 Å². The summed E-state index contributed by atoms with van der Waals surface area (Å²) in [6.07, 6.45) is 2.21. The molecule has 0 spiro atoms. The number of rotatable bonds is 6. The minimum atomic E-state index is -0.0782. The summed E-state index contributed by atoms with van der Waals surface area (Å²) in [5.74, 6) is 0.670. The van der Waals surface area contributed by atoms with Crippen LogP contribution in [0.1, 0.15) is 34.5 Å². The van der Waals surface area contributed by atoms with Gasteiger partial charge < -0.3 is 10.4 Å². The minimum Gasteiger partial charge on any atom is -0.508 e. The van der Waals surface area contributed by atoms with Crippen molar-refractivity contribution in [3.8, 4) is 17.0 Å². The van der Waals surface area contributed by atoms with Crippen LogP contribution >= 0.6 is 0 Å². The molecule has 32 heavy (non-hydrogen) atoms. The molecule has 5 heteroatoms. The van der Waals surface area contributed by atoms with E-state index in [4.69, 9.17) is 9.97 Å². The number of fused-ring (bicyclic) bond motifs is 3. The van der Waals surface area contributed by atoms with Crippen LogP contribution in [0, 0.1) is 0 Å². The molecule has 1 aliphatic rings. The standard InChI is InChI=1S/C27H23N3O2/c31-21-12-13-22-20(16-21)17-23-26(22)28-24(15-19-9-5-2-6-10-19)27(29-23)30-25(32)14-11-18-7-3-1-4-8-18/h1-10,12-13,16,31H,11,14-15,17H2,(H,29,30,32). The average molecular weight is 422 g/mol. The Bertz CT molecular complexity index is 1270. The predicted octanol–water partition coefficient (Wildman–Crippen LogP) is 4.92. The molecule has 0 saturated heterocycles. The third kappa shape index (κ3) is 4.23. The quantitative estimate of drug-likeness (QED) is 0.408. The molecule has 1 aromatic heterocycles. The van der Waals surface area contributed by atoms with Gasteiger partial charge in [-0.05, 0) is 41.3 Å². The van der Waals surface area contributed by atoms with Gasteiger partial charge in [0.15, 0.2) is 5.82 Å². The topological polar surface area (TPSA) is 75.1 Å². The molecule has 0 unspecified atom stereocenters. The van der Waals surface area contributed by atoms with E-state index < -0.39 is 0 Å². The van der Waals surface area contributed by atoms with Crippen molar-refractivity contribution in [3.05, 3.63) is 107 Å². The van der Waals surface area contributed by atoms with Gasteiger partial charge in [0.05, 0.1) is 17.1 Å². The first kappa shape index (κ1) is 19.9. The molecule has 158 valence electrons. The number of aromatic nitrogens is 2. The van der Waals surface area contributed by atoms with Crippen molar-refractivity contribution in [2.24, 2.45) is 0 Å². The summed E-state index contributed by atoms with van der Waals surface area (Å²) in [6, 6.07) is 25.3. The number of benzene rings is 3. The second kappa shape index (κ2) is 8.63. The summed E-state index contributed by atoms with van der Waals surface area (Å²) in [5, 5.41) is 12.9. The van der Waals surface area contributed by atoms with Crippen LogP contribution < -0.4 is 5.32 Å². The molecule has 1 heterocycles. The lowest BCUT2D eigenvalue weighted by molar-refractivity contribution is -0.116. The van der Waals surface area contributed by atoms with Crippen LogP contribution in [-0.4, -0.2) is 21.0 Å². The molecule has 2 N–H and O–H groups in total. The molecule has 5 nitrogen and oxygen atoms in total. The Morgan fingerprint density at radius 1 is 0.906 bits per heavy atom. The molecule has 0 saturated carbocycles. The molecule has 1 amide bonds. The molecule has 0 bridgehead atoms. The molecule has 1 aliphatic carbocycles. The van der Waals surface area contributed by atoms with E-state index in [2.05, 4.69) is 5.32 Å². The molecule has 0 aliphatic heterocycles. The van der Waals surface area contributed by atoms with Crippen molar-refractivity contribution >= 4 is 11.7 Å². The maximum Gasteiger partial charge on any atom is 0.225 e. The van der Waals surface area contributed by atoms with Crippen LogP contribution in [0.4, 0.5) is 5.82 Å². The van der Waals surface area contributed by atoms with Gasteiger partial charge >= 0.3 is 0 Å². The van der Waals surface area contributed by atoms with Crippen molar-refractivity contribution < 1.29 is 9.90 Å². The zero-order valence-electron chi connectivity index (χ0n) is 17.6. The van der Waals surface area contributed by atoms with Crippen LogP contribution in [-0.2, 0) is 24.1 Å². The highest BCUT2D eigenvalue weighted by molar-refractivity contribution is 5.91. The number of nitrogens with one attached hydrogen (secondary N) is 1. The van der Waals surface area contributed by atoms with Crippen molar-refractivity contribution in [2.75, 3.05) is 5.32 Å². The van der Waals surface area contributed by atoms with Gasteiger partial charge in [-0.1, -0.05) is 60.7 Å². The Morgan fingerprint density at radius 2 is 1.62 bits per heavy atom. The summed E-state index contributed by atoms with van der Waals surface area (Å²) in [7, 11) is 0. The minimum absolute atomic E-state index is 0.0782. The van der Waals surface area contributed by atoms with Crippen LogP contribution in [0.3, 0.4) is 0 Å². The highest BCUT2D eigenvalue weighted by atomic mass is 16.3. The number of amides is 1. The summed E-state index contributed by atoms with van der Waals surface area (Å²) >= 11 is 0. The monoisotopic (exact) mass is 421 g/mol. The molecule has 0 fully saturated rings. The van der Waals surface area contributed by atoms with Crippen LogP contribution in [0.25, 0.3) is 11.3 Å². The third-order valence-electron chi connectivity index (χ3n) is 5.70. The zero-order valence-corrected chi connectivity index (χ0v) is 17.6. The first-order chi connectivity index (χ1) is 15.7. The van der Waals surface area contributed by atoms with E-state index in [1.54, 1.807) is 12.1 Å². The maximum atomic E-state index is 12.7. The van der Waals surface area contributed by atoms with Crippen molar-refractivity contribution in [2.45, 2.75) is 25.7 Å². The van der Waals surface area contributed by atoms with Gasteiger partial charge in [0.25, 0.3) is 0 Å². The van der Waals surface area contributed by atoms with Gasteiger partial charge in [0.1, 0.15) is 5.75 Å². The van der Waals surface area contributed by atoms with E-state index in [-0.39, 0.29) is 11.7 Å². The zero-order chi connectivity index (χ0) is 21.9. The average Bonchev–Trinajstić information content (AvgIpc) is 3.15. The Kier molecular flexibility index (Phi) is 5.38. The number of aryl methyl sites for hydroxylation is 1. The van der Waals surface area contributed by atoms with Crippen molar-refractivity contribution in [1.82, 2.24) is 9.97 Å². The van der Waals surface area contributed by atoms with Crippen LogP contribution in [0.5, 0.6) is 5.75 Å². The summed E-state index contributed by atoms with van der Waals surface area (Å²) in [6.45, 7) is 0. The third-order valence-corrected chi connectivity index (χ3v) is 5.70. The highest BCUT2D eigenvalue weighted by Crippen LogP contribution is 2.37. The Balaban J connectivity index is 1.44. The smallest absolute Gasteiger partial charge is 0.225 e. The fourth-order valence-corrected chi connectivity index (χ4v) is 4.09. The predicted molar refractivity (Wildman–Crippen MR) is 125 cm³/mol. The number of hydrogen-bond acceptors (Lipinski definition) is 4. The van der Waals surface area contributed by atoms with E-state index in [0.29, 0.717) is 31.5 Å². The summed E-state index contributed by atoms with van der Waals surface area (Å²) in [4.78, 5) is 22.5. The van der Waals surface area contributed by atoms with E-state index in [9.17, 15) is 9.90 Å². The molecule has 0 atom stereocenters. The number of phenolic OH excluding ortho intramolecular Hbond substituents is 1. The van der Waals surface area contributed by atoms with Gasteiger partial charge in [-0.2, -0.15) is 0 Å². The number of aromatic hydroxyl groups is 1. The first-order valence-electron chi connectivity index (χ1n) is 10.8. The molecular weight excluding hydrogens is 398 g/mol. The molecular formula is C27H23N3O2. The van der Waals surface area contributed by atoms with Crippen molar-refractivity contribution in [1.29, 1.82) is 0 Å². The molecule has 4 aromatic rings. The van der Waals surface area contributed by atoms with Gasteiger partial charge in [-0.15, -0.1) is 0 Å². The van der Waals surface area contributed by atoms with Gasteiger partial charge in [0.2, 0.25) is 5.91 Å². The Hall–Kier alpha value is -3.99. The van der Waals surface area contributed by atoms with Gasteiger partial charge in [0, 0.05) is 24.8 Å². The summed E-state index contributed by atoms with van der Waals surface area (Å²) in [5.41, 5.74) is 6.60. The van der Waals surface area contributed by atoms with E-state index in [1.807, 2.05) is 66.7 Å². The molecule has 5 rings (SSSR count). The van der Waals surface area contributed by atoms with Crippen LogP contribution in [0.2, 0.25) is 0 Å². The number of carbonyl (C=O) groups excluding carboxylic acids is 1. The van der Waals surface area contributed by atoms with E-state index in [1.165, 1.54) is 0 Å². The van der Waals surface area contributed by atoms with Gasteiger partial charge in [-0.3, -0.25) is 4.79 Å². The first-order valence-corrected chi connectivity index (χ1v) is 10.8. The summed E-state index contributed by atoms with van der Waals surface area (Å²) < 4.78 is 0. The number of anilines is 1. The molecule has 3 aromatic carbocycles. The second-order valence-electron chi connectivity index (χ2n) is 8.03. The fraction of sp³-hybridized carbons (Fsp3) is 0.148. The SMILES string of the molecule is O=C(CCc1ccccc1)Nc1nc2c(nc1Cc1ccccc1)-c1ccc(O)cc1C2. The van der Waals surface area contributed by atoms with Gasteiger partial charge in [-0.25, -0.2) is 9.97 Å². The lowest BCUT2D eigenvalue weighted by Gasteiger charge is -2.12. The second-order valence-corrected chi connectivity index (χ2v) is 8.03. The Morgan fingerprint density at radius 3 is 2.38 bits per heavy atom. The number of nitrogens with zero attached hydrogens (tertiary/aromatic N) is 2. The molecule has 0 radical (unpaired) electrons. The van der Waals surface area contributed by atoms with Crippen LogP contribution in [0.15, 0.2) is 78.9 Å². The largest absolute Gasteiger partial charge is 0.508 e. The highest BCUT2D eigenvalue weighted by Gasteiger charge is 2.25. The maximum absolute atomic E-state index is 12.7. The number of phenols is 1. The van der Waals surface area contributed by atoms with E-state index in [0.717, 1.165) is 39.3 Å².